The van der Waals surface area contributed by atoms with Gasteiger partial charge in [0.05, 0.1) is 30.0 Å². The standard InChI is InChI=1S/C22H25N11O/c23-17-4-1-2-5-18(17)30-19-13-25-20(21(24)34)22(31-19)29-14-10-15(32-9-3-6-26-32)12-16(11-14)33-27-7-8-28-33/h3,6-13,17-18H,1-2,4-5,23H2,(H2,24,34)(H2,29,30,31)/t17-,18+/m0/s1. The Labute approximate surface area is 195 Å². The minimum Gasteiger partial charge on any atom is -0.364 e. The van der Waals surface area contributed by atoms with E-state index in [9.17, 15) is 4.79 Å². The molecule has 1 aromatic carbocycles. The van der Waals surface area contributed by atoms with E-state index in [2.05, 4.69) is 35.9 Å². The zero-order valence-corrected chi connectivity index (χ0v) is 18.4. The number of amides is 1. The summed E-state index contributed by atoms with van der Waals surface area (Å²) >= 11 is 0. The minimum atomic E-state index is -0.687. The lowest BCUT2D eigenvalue weighted by molar-refractivity contribution is 0.0996. The number of hydrogen-bond donors (Lipinski definition) is 4. The second-order valence-corrected chi connectivity index (χ2v) is 8.15. The number of nitrogens with zero attached hydrogens (tertiary/aromatic N) is 7. The van der Waals surface area contributed by atoms with Crippen molar-refractivity contribution in [2.75, 3.05) is 10.6 Å². The lowest BCUT2D eigenvalue weighted by Gasteiger charge is -2.29. The Bertz CT molecular complexity index is 1220. The van der Waals surface area contributed by atoms with Crippen molar-refractivity contribution in [3.05, 3.63) is 60.9 Å². The molecule has 1 saturated carbocycles. The molecule has 2 atom stereocenters. The number of aromatic nitrogens is 7. The van der Waals surface area contributed by atoms with Crippen LogP contribution in [0.5, 0.6) is 0 Å². The Morgan fingerprint density at radius 3 is 2.56 bits per heavy atom. The maximum Gasteiger partial charge on any atom is 0.271 e. The van der Waals surface area contributed by atoms with E-state index in [0.29, 0.717) is 17.2 Å². The first-order chi connectivity index (χ1) is 16.6. The van der Waals surface area contributed by atoms with Crippen molar-refractivity contribution in [3.63, 3.8) is 0 Å². The average molecular weight is 460 g/mol. The molecule has 174 valence electrons. The van der Waals surface area contributed by atoms with Crippen molar-refractivity contribution in [1.82, 2.24) is 34.7 Å². The smallest absolute Gasteiger partial charge is 0.271 e. The summed E-state index contributed by atoms with van der Waals surface area (Å²) in [6.45, 7) is 0. The van der Waals surface area contributed by atoms with Crippen molar-refractivity contribution >= 4 is 23.2 Å². The van der Waals surface area contributed by atoms with Gasteiger partial charge in [-0.3, -0.25) is 4.79 Å². The summed E-state index contributed by atoms with van der Waals surface area (Å²) in [5.74, 6) is 0.0685. The van der Waals surface area contributed by atoms with Crippen LogP contribution >= 0.6 is 0 Å². The van der Waals surface area contributed by atoms with Crippen LogP contribution in [0.3, 0.4) is 0 Å². The van der Waals surface area contributed by atoms with E-state index < -0.39 is 5.91 Å². The Kier molecular flexibility index (Phi) is 5.87. The van der Waals surface area contributed by atoms with E-state index >= 15 is 0 Å². The Balaban J connectivity index is 1.50. The van der Waals surface area contributed by atoms with Gasteiger partial charge in [0.1, 0.15) is 5.82 Å². The molecule has 3 heterocycles. The number of benzene rings is 1. The monoisotopic (exact) mass is 459 g/mol. The Morgan fingerprint density at radius 2 is 1.82 bits per heavy atom. The first-order valence-corrected chi connectivity index (χ1v) is 11.0. The number of carbonyl (C=O) groups excluding carboxylic acids is 1. The predicted molar refractivity (Wildman–Crippen MR) is 126 cm³/mol. The van der Waals surface area contributed by atoms with Crippen LogP contribution in [-0.4, -0.2) is 52.7 Å². The molecular weight excluding hydrogens is 434 g/mol. The fourth-order valence-corrected chi connectivity index (χ4v) is 4.08. The van der Waals surface area contributed by atoms with Gasteiger partial charge in [-0.1, -0.05) is 12.8 Å². The summed E-state index contributed by atoms with van der Waals surface area (Å²) in [6.07, 6.45) is 12.3. The lowest BCUT2D eigenvalue weighted by Crippen LogP contribution is -2.42. The van der Waals surface area contributed by atoms with Crippen molar-refractivity contribution in [1.29, 1.82) is 0 Å². The largest absolute Gasteiger partial charge is 0.364 e. The summed E-state index contributed by atoms with van der Waals surface area (Å²) in [6, 6.07) is 7.54. The highest BCUT2D eigenvalue weighted by molar-refractivity contribution is 5.96. The van der Waals surface area contributed by atoms with Gasteiger partial charge in [-0.2, -0.15) is 20.1 Å². The molecule has 5 rings (SSSR count). The SMILES string of the molecule is NC(=O)c1ncc(N[C@@H]2CCCC[C@@H]2N)nc1Nc1cc(-n2cccn2)cc(-n2nccn2)c1. The molecule has 1 aliphatic rings. The highest BCUT2D eigenvalue weighted by atomic mass is 16.1. The van der Waals surface area contributed by atoms with Gasteiger partial charge in [0, 0.05) is 30.2 Å². The number of nitrogens with two attached hydrogens (primary N) is 2. The maximum atomic E-state index is 12.1. The van der Waals surface area contributed by atoms with Crippen LogP contribution in [-0.2, 0) is 0 Å². The second kappa shape index (κ2) is 9.27. The molecule has 3 aromatic heterocycles. The van der Waals surface area contributed by atoms with Crippen molar-refractivity contribution in [2.45, 2.75) is 37.8 Å². The molecule has 0 aliphatic heterocycles. The summed E-state index contributed by atoms with van der Waals surface area (Å²) in [7, 11) is 0. The number of carbonyl (C=O) groups is 1. The van der Waals surface area contributed by atoms with Crippen LogP contribution in [0.25, 0.3) is 11.4 Å². The molecule has 0 radical (unpaired) electrons. The molecule has 1 amide bonds. The minimum absolute atomic E-state index is 0.0294. The van der Waals surface area contributed by atoms with Gasteiger partial charge in [-0.05, 0) is 37.1 Å². The highest BCUT2D eigenvalue weighted by Gasteiger charge is 2.23. The van der Waals surface area contributed by atoms with Gasteiger partial charge in [-0.25, -0.2) is 14.6 Å². The zero-order valence-electron chi connectivity index (χ0n) is 18.4. The number of nitrogens with one attached hydrogen (secondary N) is 2. The molecule has 1 aliphatic carbocycles. The quantitative estimate of drug-likeness (QED) is 0.322. The molecule has 0 saturated heterocycles. The third-order valence-electron chi connectivity index (χ3n) is 5.74. The molecule has 4 aromatic rings. The first kappa shape index (κ1) is 21.5. The van der Waals surface area contributed by atoms with Gasteiger partial charge in [-0.15, -0.1) is 0 Å². The molecule has 0 spiro atoms. The molecule has 0 bridgehead atoms. The third kappa shape index (κ3) is 4.57. The Hall–Kier alpha value is -4.32. The van der Waals surface area contributed by atoms with Crippen LogP contribution < -0.4 is 22.1 Å². The van der Waals surface area contributed by atoms with E-state index in [4.69, 9.17) is 11.5 Å². The third-order valence-corrected chi connectivity index (χ3v) is 5.74. The van der Waals surface area contributed by atoms with E-state index in [1.165, 1.54) is 11.0 Å². The molecule has 12 nitrogen and oxygen atoms in total. The van der Waals surface area contributed by atoms with Gasteiger partial charge in [0.15, 0.2) is 11.5 Å². The predicted octanol–water partition coefficient (Wildman–Crippen LogP) is 1.77. The molecule has 12 heteroatoms. The fraction of sp³-hybridized carbons (Fsp3) is 0.273. The topological polar surface area (TPSA) is 167 Å². The molecule has 1 fully saturated rings. The number of primary amides is 1. The van der Waals surface area contributed by atoms with Crippen molar-refractivity contribution in [3.8, 4) is 11.4 Å². The van der Waals surface area contributed by atoms with Crippen LogP contribution in [0.15, 0.2) is 55.2 Å². The summed E-state index contributed by atoms with van der Waals surface area (Å²) in [5, 5.41) is 19.3. The number of anilines is 3. The fourth-order valence-electron chi connectivity index (χ4n) is 4.08. The lowest BCUT2D eigenvalue weighted by atomic mass is 9.91. The molecular formula is C22H25N11O. The number of rotatable bonds is 7. The van der Waals surface area contributed by atoms with Crippen LogP contribution in [0, 0.1) is 0 Å². The van der Waals surface area contributed by atoms with E-state index in [-0.39, 0.29) is 23.6 Å². The van der Waals surface area contributed by atoms with E-state index in [0.717, 1.165) is 31.4 Å². The second-order valence-electron chi connectivity index (χ2n) is 8.15. The van der Waals surface area contributed by atoms with Crippen LogP contribution in [0.1, 0.15) is 36.2 Å². The van der Waals surface area contributed by atoms with Crippen LogP contribution in [0.2, 0.25) is 0 Å². The number of hydrogen-bond acceptors (Lipinski definition) is 9. The van der Waals surface area contributed by atoms with Crippen LogP contribution in [0.4, 0.5) is 17.3 Å². The molecule has 6 N–H and O–H groups in total. The average Bonchev–Trinajstić information content (AvgIpc) is 3.55. The van der Waals surface area contributed by atoms with Gasteiger partial charge in [0.25, 0.3) is 5.91 Å². The summed E-state index contributed by atoms with van der Waals surface area (Å²) < 4.78 is 1.71. The molecule has 34 heavy (non-hydrogen) atoms. The molecule has 0 unspecified atom stereocenters. The van der Waals surface area contributed by atoms with Gasteiger partial charge in [0.2, 0.25) is 0 Å². The summed E-state index contributed by atoms with van der Waals surface area (Å²) in [4.78, 5) is 22.4. The maximum absolute atomic E-state index is 12.1. The van der Waals surface area contributed by atoms with E-state index in [1.807, 2.05) is 30.5 Å². The highest BCUT2D eigenvalue weighted by Crippen LogP contribution is 2.26. The van der Waals surface area contributed by atoms with Gasteiger partial charge < -0.3 is 22.1 Å². The zero-order chi connectivity index (χ0) is 23.5. The normalized spacial score (nSPS) is 17.9. The Morgan fingerprint density at radius 1 is 1.03 bits per heavy atom. The van der Waals surface area contributed by atoms with Crippen molar-refractivity contribution < 1.29 is 4.79 Å². The first-order valence-electron chi connectivity index (χ1n) is 11.0. The van der Waals surface area contributed by atoms with E-state index in [1.54, 1.807) is 23.3 Å². The van der Waals surface area contributed by atoms with Gasteiger partial charge >= 0.3 is 0 Å². The van der Waals surface area contributed by atoms with Crippen molar-refractivity contribution in [2.24, 2.45) is 11.5 Å². The summed E-state index contributed by atoms with van der Waals surface area (Å²) in [5.41, 5.74) is 14.0.